The molecule has 2 aromatic rings. The summed E-state index contributed by atoms with van der Waals surface area (Å²) in [5, 5.41) is 5.64. The number of benzene rings is 1. The number of thiophene rings is 1. The number of rotatable bonds is 4. The fraction of sp³-hybridized carbons (Fsp3) is 0.231. The Kier molecular flexibility index (Phi) is 4.79. The molecule has 0 saturated heterocycles. The van der Waals surface area contributed by atoms with Crippen LogP contribution < -0.4 is 5.32 Å². The summed E-state index contributed by atoms with van der Waals surface area (Å²) in [4.78, 5) is 1.38. The van der Waals surface area contributed by atoms with Gasteiger partial charge in [0.05, 0.1) is 0 Å². The van der Waals surface area contributed by atoms with E-state index in [1.54, 1.807) is 11.3 Å². The highest BCUT2D eigenvalue weighted by atomic mass is 79.9. The molecule has 1 nitrogen and oxygen atoms in total. The number of hydrogen-bond donors (Lipinski definition) is 1. The lowest BCUT2D eigenvalue weighted by molar-refractivity contribution is 0.583. The highest BCUT2D eigenvalue weighted by Gasteiger charge is 2.06. The molecule has 0 unspecified atom stereocenters. The van der Waals surface area contributed by atoms with Crippen molar-refractivity contribution in [3.8, 4) is 0 Å². The molecule has 1 aromatic carbocycles. The van der Waals surface area contributed by atoms with E-state index in [0.717, 1.165) is 15.5 Å². The molecule has 0 saturated carbocycles. The van der Waals surface area contributed by atoms with Gasteiger partial charge in [0.1, 0.15) is 0 Å². The van der Waals surface area contributed by atoms with E-state index in [4.69, 9.17) is 0 Å². The SMILES string of the molecule is C[C@@H](NCc1ccc(Br)c(Br)c1)c1cccs1. The second kappa shape index (κ2) is 6.14. The maximum Gasteiger partial charge on any atom is 0.0388 e. The molecule has 90 valence electrons. The predicted molar refractivity (Wildman–Crippen MR) is 81.4 cm³/mol. The van der Waals surface area contributed by atoms with Crippen LogP contribution in [0.5, 0.6) is 0 Å². The van der Waals surface area contributed by atoms with Crippen molar-refractivity contribution < 1.29 is 0 Å². The van der Waals surface area contributed by atoms with Crippen LogP contribution in [0.3, 0.4) is 0 Å². The van der Waals surface area contributed by atoms with Crippen LogP contribution in [-0.2, 0) is 6.54 Å². The zero-order chi connectivity index (χ0) is 12.3. The van der Waals surface area contributed by atoms with Crippen LogP contribution in [0, 0.1) is 0 Å². The van der Waals surface area contributed by atoms with E-state index < -0.39 is 0 Å². The predicted octanol–water partition coefficient (Wildman–Crippen LogP) is 5.12. The van der Waals surface area contributed by atoms with E-state index in [1.807, 2.05) is 0 Å². The molecule has 2 rings (SSSR count). The van der Waals surface area contributed by atoms with Crippen molar-refractivity contribution >= 4 is 43.2 Å². The first kappa shape index (κ1) is 13.3. The van der Waals surface area contributed by atoms with Gasteiger partial charge in [-0.05, 0) is 67.9 Å². The first-order valence-electron chi connectivity index (χ1n) is 5.37. The second-order valence-corrected chi connectivity index (χ2v) is 6.55. The third-order valence-electron chi connectivity index (χ3n) is 2.57. The number of halogens is 2. The first-order valence-corrected chi connectivity index (χ1v) is 7.84. The smallest absolute Gasteiger partial charge is 0.0388 e. The van der Waals surface area contributed by atoms with Crippen LogP contribution in [-0.4, -0.2) is 0 Å². The quantitative estimate of drug-likeness (QED) is 0.782. The molecular formula is C13H13Br2NS. The summed E-state index contributed by atoms with van der Waals surface area (Å²) >= 11 is 8.79. The molecule has 1 atom stereocenters. The van der Waals surface area contributed by atoms with E-state index in [-0.39, 0.29) is 0 Å². The Labute approximate surface area is 123 Å². The largest absolute Gasteiger partial charge is 0.305 e. The highest BCUT2D eigenvalue weighted by molar-refractivity contribution is 9.13. The van der Waals surface area contributed by atoms with Crippen molar-refractivity contribution in [1.82, 2.24) is 5.32 Å². The van der Waals surface area contributed by atoms with Gasteiger partial charge < -0.3 is 5.32 Å². The topological polar surface area (TPSA) is 12.0 Å². The van der Waals surface area contributed by atoms with E-state index in [1.165, 1.54) is 10.4 Å². The van der Waals surface area contributed by atoms with Gasteiger partial charge in [0.25, 0.3) is 0 Å². The Morgan fingerprint density at radius 1 is 1.24 bits per heavy atom. The zero-order valence-electron chi connectivity index (χ0n) is 9.41. The zero-order valence-corrected chi connectivity index (χ0v) is 13.4. The van der Waals surface area contributed by atoms with Gasteiger partial charge in [-0.15, -0.1) is 11.3 Å². The van der Waals surface area contributed by atoms with Crippen LogP contribution in [0.2, 0.25) is 0 Å². The summed E-state index contributed by atoms with van der Waals surface area (Å²) in [5.41, 5.74) is 1.28. The van der Waals surface area contributed by atoms with Gasteiger partial charge in [0.15, 0.2) is 0 Å². The summed E-state index contributed by atoms with van der Waals surface area (Å²) in [6, 6.07) is 11.0. The van der Waals surface area contributed by atoms with Crippen molar-refractivity contribution in [2.24, 2.45) is 0 Å². The third-order valence-corrected chi connectivity index (χ3v) is 5.50. The lowest BCUT2D eigenvalue weighted by atomic mass is 10.2. The van der Waals surface area contributed by atoms with E-state index in [9.17, 15) is 0 Å². The normalized spacial score (nSPS) is 12.6. The van der Waals surface area contributed by atoms with E-state index >= 15 is 0 Å². The monoisotopic (exact) mass is 373 g/mol. The molecule has 1 heterocycles. The standard InChI is InChI=1S/C13H13Br2NS/c1-9(13-3-2-6-17-13)16-8-10-4-5-11(14)12(15)7-10/h2-7,9,16H,8H2,1H3/t9-/m1/s1. The van der Waals surface area contributed by atoms with Crippen LogP contribution >= 0.6 is 43.2 Å². The van der Waals surface area contributed by atoms with Gasteiger partial charge in [0.2, 0.25) is 0 Å². The molecule has 0 aliphatic heterocycles. The Hall–Kier alpha value is -0.160. The summed E-state index contributed by atoms with van der Waals surface area (Å²) in [6.07, 6.45) is 0. The molecule has 0 amide bonds. The molecule has 0 radical (unpaired) electrons. The Balaban J connectivity index is 1.96. The van der Waals surface area contributed by atoms with Crippen molar-refractivity contribution in [3.05, 3.63) is 55.1 Å². The van der Waals surface area contributed by atoms with Crippen LogP contribution in [0.4, 0.5) is 0 Å². The molecule has 0 fully saturated rings. The van der Waals surface area contributed by atoms with Gasteiger partial charge >= 0.3 is 0 Å². The Morgan fingerprint density at radius 3 is 2.71 bits per heavy atom. The average Bonchev–Trinajstić information content (AvgIpc) is 2.84. The van der Waals surface area contributed by atoms with Crippen LogP contribution in [0.25, 0.3) is 0 Å². The summed E-state index contributed by atoms with van der Waals surface area (Å²) in [6.45, 7) is 3.07. The fourth-order valence-corrected chi connectivity index (χ4v) is 2.99. The van der Waals surface area contributed by atoms with Gasteiger partial charge in [-0.3, -0.25) is 0 Å². The van der Waals surface area contributed by atoms with Gasteiger partial charge in [-0.1, -0.05) is 12.1 Å². The highest BCUT2D eigenvalue weighted by Crippen LogP contribution is 2.24. The average molecular weight is 375 g/mol. The molecule has 17 heavy (non-hydrogen) atoms. The number of hydrogen-bond acceptors (Lipinski definition) is 2. The maximum atomic E-state index is 3.52. The number of nitrogens with one attached hydrogen (secondary N) is 1. The van der Waals surface area contributed by atoms with E-state index in [0.29, 0.717) is 6.04 Å². The summed E-state index contributed by atoms with van der Waals surface area (Å²) in [5.74, 6) is 0. The van der Waals surface area contributed by atoms with Gasteiger partial charge in [0, 0.05) is 26.4 Å². The van der Waals surface area contributed by atoms with Crippen molar-refractivity contribution in [2.45, 2.75) is 19.5 Å². The van der Waals surface area contributed by atoms with Crippen molar-refractivity contribution in [2.75, 3.05) is 0 Å². The molecule has 0 aliphatic rings. The lowest BCUT2D eigenvalue weighted by Crippen LogP contribution is -2.17. The van der Waals surface area contributed by atoms with E-state index in [2.05, 4.69) is 79.8 Å². The fourth-order valence-electron chi connectivity index (χ4n) is 1.56. The molecular weight excluding hydrogens is 362 g/mol. The van der Waals surface area contributed by atoms with Crippen molar-refractivity contribution in [3.63, 3.8) is 0 Å². The molecule has 0 aliphatic carbocycles. The Bertz CT molecular complexity index is 482. The minimum Gasteiger partial charge on any atom is -0.305 e. The van der Waals surface area contributed by atoms with Crippen LogP contribution in [0.1, 0.15) is 23.4 Å². The minimum absolute atomic E-state index is 0.400. The van der Waals surface area contributed by atoms with Gasteiger partial charge in [-0.25, -0.2) is 0 Å². The molecule has 0 bridgehead atoms. The minimum atomic E-state index is 0.400. The summed E-state index contributed by atoms with van der Waals surface area (Å²) in [7, 11) is 0. The maximum absolute atomic E-state index is 3.52. The Morgan fingerprint density at radius 2 is 2.06 bits per heavy atom. The molecule has 1 N–H and O–H groups in total. The van der Waals surface area contributed by atoms with Gasteiger partial charge in [-0.2, -0.15) is 0 Å². The molecule has 0 spiro atoms. The molecule has 4 heteroatoms. The van der Waals surface area contributed by atoms with Crippen LogP contribution in [0.15, 0.2) is 44.7 Å². The third kappa shape index (κ3) is 3.65. The van der Waals surface area contributed by atoms with Crippen molar-refractivity contribution in [1.29, 1.82) is 0 Å². The first-order chi connectivity index (χ1) is 8.16. The second-order valence-electron chi connectivity index (χ2n) is 3.87. The molecule has 1 aromatic heterocycles. The lowest BCUT2D eigenvalue weighted by Gasteiger charge is -2.12. The summed E-state index contributed by atoms with van der Waals surface area (Å²) < 4.78 is 2.19.